The average Bonchev–Trinajstić information content (AvgIpc) is 2.61. The Morgan fingerprint density at radius 3 is 2.26 bits per heavy atom. The fourth-order valence-corrected chi connectivity index (χ4v) is 2.42. The van der Waals surface area contributed by atoms with Gasteiger partial charge in [0, 0.05) is 5.56 Å². The quantitative estimate of drug-likeness (QED) is 0.610. The van der Waals surface area contributed by atoms with Gasteiger partial charge in [0.1, 0.15) is 12.4 Å². The van der Waals surface area contributed by atoms with Crippen LogP contribution in [0.25, 0.3) is 11.1 Å². The summed E-state index contributed by atoms with van der Waals surface area (Å²) in [6, 6.07) is 25.7. The molecule has 0 bridgehead atoms. The number of hydrogen-bond donors (Lipinski definition) is 0. The van der Waals surface area contributed by atoms with Gasteiger partial charge in [-0.1, -0.05) is 60.7 Å². The third kappa shape index (κ3) is 3.86. The molecule has 0 heterocycles. The molecule has 114 valence electrons. The first-order valence-corrected chi connectivity index (χ1v) is 7.60. The van der Waals surface area contributed by atoms with Crippen molar-refractivity contribution in [3.05, 3.63) is 90.0 Å². The van der Waals surface area contributed by atoms with Crippen LogP contribution in [0.1, 0.15) is 22.8 Å². The van der Waals surface area contributed by atoms with E-state index in [9.17, 15) is 4.79 Å². The molecule has 0 fully saturated rings. The lowest BCUT2D eigenvalue weighted by Crippen LogP contribution is -1.95. The van der Waals surface area contributed by atoms with Crippen LogP contribution in [0.5, 0.6) is 5.75 Å². The SMILES string of the molecule is CC(=O)c1cccc(-c2cccc(OCc3ccccc3)c2)c1. The number of rotatable bonds is 5. The van der Waals surface area contributed by atoms with Crippen molar-refractivity contribution >= 4 is 5.78 Å². The van der Waals surface area contributed by atoms with E-state index >= 15 is 0 Å². The number of ether oxygens (including phenoxy) is 1. The lowest BCUT2D eigenvalue weighted by Gasteiger charge is -2.09. The molecular formula is C21H18O2. The van der Waals surface area contributed by atoms with E-state index in [1.54, 1.807) is 6.92 Å². The smallest absolute Gasteiger partial charge is 0.159 e. The van der Waals surface area contributed by atoms with E-state index in [0.29, 0.717) is 6.61 Å². The fraction of sp³-hybridized carbons (Fsp3) is 0.0952. The first-order chi connectivity index (χ1) is 11.2. The summed E-state index contributed by atoms with van der Waals surface area (Å²) in [6.07, 6.45) is 0. The van der Waals surface area contributed by atoms with Crippen LogP contribution in [0, 0.1) is 0 Å². The molecule has 0 spiro atoms. The van der Waals surface area contributed by atoms with E-state index in [2.05, 4.69) is 0 Å². The largest absolute Gasteiger partial charge is 0.489 e. The second-order valence-corrected chi connectivity index (χ2v) is 5.44. The minimum atomic E-state index is 0.0725. The fourth-order valence-electron chi connectivity index (χ4n) is 2.42. The molecule has 3 aromatic rings. The number of hydrogen-bond acceptors (Lipinski definition) is 2. The lowest BCUT2D eigenvalue weighted by molar-refractivity contribution is 0.101. The molecule has 0 aliphatic carbocycles. The van der Waals surface area contributed by atoms with Crippen LogP contribution in [0.2, 0.25) is 0 Å². The second-order valence-electron chi connectivity index (χ2n) is 5.44. The van der Waals surface area contributed by atoms with E-state index < -0.39 is 0 Å². The third-order valence-corrected chi connectivity index (χ3v) is 3.68. The number of carbonyl (C=O) groups is 1. The Morgan fingerprint density at radius 2 is 1.52 bits per heavy atom. The summed E-state index contributed by atoms with van der Waals surface area (Å²) >= 11 is 0. The Hall–Kier alpha value is -2.87. The van der Waals surface area contributed by atoms with Gasteiger partial charge in [-0.15, -0.1) is 0 Å². The molecule has 0 saturated heterocycles. The summed E-state index contributed by atoms with van der Waals surface area (Å²) < 4.78 is 5.86. The van der Waals surface area contributed by atoms with Crippen molar-refractivity contribution in [1.29, 1.82) is 0 Å². The number of carbonyl (C=O) groups excluding carboxylic acids is 1. The molecule has 0 N–H and O–H groups in total. The first kappa shape index (κ1) is 15.0. The number of benzene rings is 3. The normalized spacial score (nSPS) is 10.3. The maximum Gasteiger partial charge on any atom is 0.159 e. The van der Waals surface area contributed by atoms with Crippen LogP contribution in [-0.4, -0.2) is 5.78 Å². The van der Waals surface area contributed by atoms with Crippen molar-refractivity contribution in [2.45, 2.75) is 13.5 Å². The Kier molecular flexibility index (Phi) is 4.53. The molecule has 0 amide bonds. The van der Waals surface area contributed by atoms with Crippen molar-refractivity contribution in [2.75, 3.05) is 0 Å². The summed E-state index contributed by atoms with van der Waals surface area (Å²) in [5, 5.41) is 0. The molecule has 0 unspecified atom stereocenters. The maximum absolute atomic E-state index is 11.5. The van der Waals surface area contributed by atoms with Gasteiger partial charge in [0.05, 0.1) is 0 Å². The molecule has 23 heavy (non-hydrogen) atoms. The zero-order valence-corrected chi connectivity index (χ0v) is 13.0. The van der Waals surface area contributed by atoms with E-state index in [0.717, 1.165) is 28.0 Å². The molecular weight excluding hydrogens is 284 g/mol. The van der Waals surface area contributed by atoms with Crippen molar-refractivity contribution in [3.63, 3.8) is 0 Å². The second kappa shape index (κ2) is 6.93. The molecule has 0 radical (unpaired) electrons. The van der Waals surface area contributed by atoms with Gasteiger partial charge >= 0.3 is 0 Å². The Bertz CT molecular complexity index is 807. The average molecular weight is 302 g/mol. The zero-order chi connectivity index (χ0) is 16.1. The Morgan fingerprint density at radius 1 is 0.826 bits per heavy atom. The molecule has 0 aromatic heterocycles. The van der Waals surface area contributed by atoms with E-state index in [1.165, 1.54) is 0 Å². The summed E-state index contributed by atoms with van der Waals surface area (Å²) in [4.78, 5) is 11.5. The van der Waals surface area contributed by atoms with Gasteiger partial charge < -0.3 is 4.74 Å². The van der Waals surface area contributed by atoms with Gasteiger partial charge in [-0.25, -0.2) is 0 Å². The molecule has 0 saturated carbocycles. The maximum atomic E-state index is 11.5. The molecule has 0 atom stereocenters. The summed E-state index contributed by atoms with van der Waals surface area (Å²) in [7, 11) is 0. The van der Waals surface area contributed by atoms with Crippen molar-refractivity contribution < 1.29 is 9.53 Å². The highest BCUT2D eigenvalue weighted by molar-refractivity contribution is 5.95. The zero-order valence-electron chi connectivity index (χ0n) is 13.0. The van der Waals surface area contributed by atoms with E-state index in [1.807, 2.05) is 78.9 Å². The standard InChI is InChI=1S/C21H18O2/c1-16(22)18-9-5-10-19(13-18)20-11-6-12-21(14-20)23-15-17-7-3-2-4-8-17/h2-14H,15H2,1H3. The Balaban J connectivity index is 1.80. The predicted octanol–water partition coefficient (Wildman–Crippen LogP) is 5.14. The van der Waals surface area contributed by atoms with Gasteiger partial charge in [0.25, 0.3) is 0 Å². The summed E-state index contributed by atoms with van der Waals surface area (Å²) in [5.74, 6) is 0.892. The predicted molar refractivity (Wildman–Crippen MR) is 92.7 cm³/mol. The van der Waals surface area contributed by atoms with E-state index in [-0.39, 0.29) is 5.78 Å². The molecule has 0 aliphatic heterocycles. The third-order valence-electron chi connectivity index (χ3n) is 3.68. The summed E-state index contributed by atoms with van der Waals surface area (Å²) in [6.45, 7) is 2.12. The van der Waals surface area contributed by atoms with Crippen LogP contribution in [0.15, 0.2) is 78.9 Å². The Labute approximate surface area is 136 Å². The highest BCUT2D eigenvalue weighted by Crippen LogP contribution is 2.25. The van der Waals surface area contributed by atoms with Gasteiger partial charge in [-0.2, -0.15) is 0 Å². The minimum absolute atomic E-state index is 0.0725. The topological polar surface area (TPSA) is 26.3 Å². The van der Waals surface area contributed by atoms with Crippen LogP contribution in [0.3, 0.4) is 0 Å². The van der Waals surface area contributed by atoms with Gasteiger partial charge in [0.2, 0.25) is 0 Å². The number of ketones is 1. The highest BCUT2D eigenvalue weighted by Gasteiger charge is 2.04. The van der Waals surface area contributed by atoms with Crippen LogP contribution >= 0.6 is 0 Å². The van der Waals surface area contributed by atoms with Crippen molar-refractivity contribution in [3.8, 4) is 16.9 Å². The summed E-state index contributed by atoms with van der Waals surface area (Å²) in [5.41, 5.74) is 3.91. The molecule has 0 aliphatic rings. The molecule has 2 heteroatoms. The molecule has 3 rings (SSSR count). The minimum Gasteiger partial charge on any atom is -0.489 e. The monoisotopic (exact) mass is 302 g/mol. The van der Waals surface area contributed by atoms with Crippen LogP contribution in [-0.2, 0) is 6.61 Å². The molecule has 2 nitrogen and oxygen atoms in total. The molecule has 3 aromatic carbocycles. The first-order valence-electron chi connectivity index (χ1n) is 7.60. The van der Waals surface area contributed by atoms with Gasteiger partial charge in [-0.05, 0) is 41.8 Å². The van der Waals surface area contributed by atoms with Crippen LogP contribution < -0.4 is 4.74 Å². The van der Waals surface area contributed by atoms with Crippen molar-refractivity contribution in [1.82, 2.24) is 0 Å². The van der Waals surface area contributed by atoms with E-state index in [4.69, 9.17) is 4.74 Å². The van der Waals surface area contributed by atoms with Crippen LogP contribution in [0.4, 0.5) is 0 Å². The van der Waals surface area contributed by atoms with Crippen molar-refractivity contribution in [2.24, 2.45) is 0 Å². The highest BCUT2D eigenvalue weighted by atomic mass is 16.5. The van der Waals surface area contributed by atoms with Gasteiger partial charge in [-0.3, -0.25) is 4.79 Å². The van der Waals surface area contributed by atoms with Gasteiger partial charge in [0.15, 0.2) is 5.78 Å². The lowest BCUT2D eigenvalue weighted by atomic mass is 10.0. The number of Topliss-reactive ketones (excluding diaryl/α,β-unsaturated/α-hetero) is 1.